The lowest BCUT2D eigenvalue weighted by Gasteiger charge is -2.13. The van der Waals surface area contributed by atoms with Crippen LogP contribution in [0.15, 0.2) is 47.6 Å². The smallest absolute Gasteiger partial charge is 0.191 e. The Morgan fingerprint density at radius 3 is 2.58 bits per heavy atom. The number of halogens is 3. The number of nitrogens with one attached hydrogen (secondary N) is 2. The minimum absolute atomic E-state index is 0. The van der Waals surface area contributed by atoms with Crippen LogP contribution in [0.1, 0.15) is 11.3 Å². The number of hydrogen-bond donors (Lipinski definition) is 2. The molecule has 3 rings (SSSR count). The maximum absolute atomic E-state index is 6.10. The van der Waals surface area contributed by atoms with Gasteiger partial charge in [0.15, 0.2) is 5.96 Å². The van der Waals surface area contributed by atoms with Gasteiger partial charge in [-0.2, -0.15) is 0 Å². The SMILES string of the molecule is CN=C(NCc1ccnc2ccccc12)NCc1cc(Cl)c(Cl)n1C.I. The van der Waals surface area contributed by atoms with Gasteiger partial charge in [-0.3, -0.25) is 9.98 Å². The lowest BCUT2D eigenvalue weighted by molar-refractivity contribution is 0.751. The van der Waals surface area contributed by atoms with E-state index in [1.165, 1.54) is 5.56 Å². The molecule has 0 aliphatic rings. The second-order valence-corrected chi connectivity index (χ2v) is 6.37. The highest BCUT2D eigenvalue weighted by Crippen LogP contribution is 2.24. The Labute approximate surface area is 179 Å². The van der Waals surface area contributed by atoms with E-state index in [2.05, 4.69) is 26.7 Å². The molecule has 0 saturated carbocycles. The predicted molar refractivity (Wildman–Crippen MR) is 120 cm³/mol. The molecule has 26 heavy (non-hydrogen) atoms. The lowest BCUT2D eigenvalue weighted by atomic mass is 10.1. The fourth-order valence-corrected chi connectivity index (χ4v) is 3.06. The number of pyridine rings is 1. The number of hydrogen-bond acceptors (Lipinski definition) is 2. The second kappa shape index (κ2) is 9.43. The van der Waals surface area contributed by atoms with Crippen molar-refractivity contribution in [1.82, 2.24) is 20.2 Å². The Kier molecular flexibility index (Phi) is 7.55. The monoisotopic (exact) mass is 503 g/mol. The fraction of sp³-hybridized carbons (Fsp3) is 0.222. The van der Waals surface area contributed by atoms with E-state index < -0.39 is 0 Å². The minimum Gasteiger partial charge on any atom is -0.352 e. The number of guanidine groups is 1. The molecule has 0 saturated heterocycles. The van der Waals surface area contributed by atoms with E-state index in [1.54, 1.807) is 7.05 Å². The van der Waals surface area contributed by atoms with Crippen LogP contribution in [0.5, 0.6) is 0 Å². The summed E-state index contributed by atoms with van der Waals surface area (Å²) in [5, 5.41) is 8.81. The van der Waals surface area contributed by atoms with Crippen LogP contribution in [0.2, 0.25) is 10.2 Å². The van der Waals surface area contributed by atoms with Gasteiger partial charge in [-0.15, -0.1) is 24.0 Å². The molecule has 2 heterocycles. The normalized spacial score (nSPS) is 11.3. The number of benzene rings is 1. The third kappa shape index (κ3) is 4.61. The fourth-order valence-electron chi connectivity index (χ4n) is 2.64. The second-order valence-electron chi connectivity index (χ2n) is 5.60. The molecule has 3 aromatic rings. The number of para-hydroxylation sites is 1. The van der Waals surface area contributed by atoms with Crippen molar-refractivity contribution in [3.8, 4) is 0 Å². The molecule has 138 valence electrons. The molecule has 0 bridgehead atoms. The molecule has 0 atom stereocenters. The molecule has 0 aliphatic heterocycles. The maximum atomic E-state index is 6.10. The molecule has 5 nitrogen and oxygen atoms in total. The van der Waals surface area contributed by atoms with Gasteiger partial charge in [-0.05, 0) is 23.8 Å². The summed E-state index contributed by atoms with van der Waals surface area (Å²) in [4.78, 5) is 8.64. The Morgan fingerprint density at radius 1 is 1.15 bits per heavy atom. The summed E-state index contributed by atoms with van der Waals surface area (Å²) in [7, 11) is 3.62. The summed E-state index contributed by atoms with van der Waals surface area (Å²) in [5.74, 6) is 0.703. The summed E-state index contributed by atoms with van der Waals surface area (Å²) in [6.07, 6.45) is 1.82. The van der Waals surface area contributed by atoms with Gasteiger partial charge in [0.2, 0.25) is 0 Å². The maximum Gasteiger partial charge on any atom is 0.191 e. The van der Waals surface area contributed by atoms with E-state index in [0.717, 1.165) is 16.6 Å². The first kappa shape index (κ1) is 20.8. The topological polar surface area (TPSA) is 54.2 Å². The Bertz CT molecular complexity index is 918. The molecule has 0 amide bonds. The predicted octanol–water partition coefficient (Wildman–Crippen LogP) is 4.36. The average molecular weight is 504 g/mol. The molecule has 0 radical (unpaired) electrons. The van der Waals surface area contributed by atoms with Crippen molar-refractivity contribution in [2.45, 2.75) is 13.1 Å². The summed E-state index contributed by atoms with van der Waals surface area (Å²) in [6.45, 7) is 1.22. The quantitative estimate of drug-likeness (QED) is 0.316. The minimum atomic E-state index is 0. The lowest BCUT2D eigenvalue weighted by Crippen LogP contribution is -2.36. The van der Waals surface area contributed by atoms with Crippen LogP contribution in [-0.2, 0) is 20.1 Å². The van der Waals surface area contributed by atoms with Crippen LogP contribution in [0.25, 0.3) is 10.9 Å². The zero-order valence-electron chi connectivity index (χ0n) is 14.5. The third-order valence-electron chi connectivity index (χ3n) is 4.06. The van der Waals surface area contributed by atoms with Crippen molar-refractivity contribution in [2.24, 2.45) is 12.0 Å². The van der Waals surface area contributed by atoms with Gasteiger partial charge < -0.3 is 15.2 Å². The molecule has 0 unspecified atom stereocenters. The molecular weight excluding hydrogens is 484 g/mol. The molecule has 2 aromatic heterocycles. The first-order valence-electron chi connectivity index (χ1n) is 7.87. The first-order valence-corrected chi connectivity index (χ1v) is 8.62. The highest BCUT2D eigenvalue weighted by molar-refractivity contribution is 14.0. The summed E-state index contributed by atoms with van der Waals surface area (Å²) < 4.78 is 1.85. The van der Waals surface area contributed by atoms with Crippen LogP contribution < -0.4 is 10.6 Å². The van der Waals surface area contributed by atoms with Crippen molar-refractivity contribution in [3.05, 3.63) is 64.0 Å². The third-order valence-corrected chi connectivity index (χ3v) is 4.90. The molecular formula is C18H20Cl2IN5. The summed E-state index contributed by atoms with van der Waals surface area (Å²) >= 11 is 12.1. The first-order chi connectivity index (χ1) is 12.1. The van der Waals surface area contributed by atoms with Crippen LogP contribution >= 0.6 is 47.2 Å². The van der Waals surface area contributed by atoms with Crippen molar-refractivity contribution >= 4 is 64.0 Å². The molecule has 1 aromatic carbocycles. The number of aliphatic imine (C=N–C) groups is 1. The number of aromatic nitrogens is 2. The van der Waals surface area contributed by atoms with Gasteiger partial charge in [-0.1, -0.05) is 41.4 Å². The van der Waals surface area contributed by atoms with E-state index in [4.69, 9.17) is 23.2 Å². The van der Waals surface area contributed by atoms with Crippen LogP contribution in [0, 0.1) is 0 Å². The molecule has 0 aliphatic carbocycles. The number of rotatable bonds is 4. The average Bonchev–Trinajstić information content (AvgIpc) is 2.89. The molecule has 0 fully saturated rings. The van der Waals surface area contributed by atoms with Gasteiger partial charge in [0, 0.05) is 37.9 Å². The Balaban J connectivity index is 0.00000243. The molecule has 2 N–H and O–H groups in total. The van der Waals surface area contributed by atoms with Gasteiger partial charge in [-0.25, -0.2) is 0 Å². The van der Waals surface area contributed by atoms with E-state index in [-0.39, 0.29) is 24.0 Å². The van der Waals surface area contributed by atoms with Crippen molar-refractivity contribution < 1.29 is 0 Å². The van der Waals surface area contributed by atoms with Crippen molar-refractivity contribution in [2.75, 3.05) is 7.05 Å². The highest BCUT2D eigenvalue weighted by Gasteiger charge is 2.09. The molecule has 8 heteroatoms. The standard InChI is InChI=1S/C18H19Cl2N5.HI/c1-21-18(24-11-13-9-15(19)17(20)25(13)2)23-10-12-7-8-22-16-6-4-3-5-14(12)16;/h3-9H,10-11H2,1-2H3,(H2,21,23,24);1H. The Morgan fingerprint density at radius 2 is 1.88 bits per heavy atom. The van der Waals surface area contributed by atoms with Crippen molar-refractivity contribution in [1.29, 1.82) is 0 Å². The molecule has 0 spiro atoms. The van der Waals surface area contributed by atoms with Crippen LogP contribution in [-0.4, -0.2) is 22.6 Å². The largest absolute Gasteiger partial charge is 0.352 e. The summed E-state index contributed by atoms with van der Waals surface area (Å²) in [6, 6.07) is 11.9. The van der Waals surface area contributed by atoms with Gasteiger partial charge >= 0.3 is 0 Å². The van der Waals surface area contributed by atoms with Gasteiger partial charge in [0.25, 0.3) is 0 Å². The van der Waals surface area contributed by atoms with E-state index >= 15 is 0 Å². The summed E-state index contributed by atoms with van der Waals surface area (Å²) in [5.41, 5.74) is 3.13. The van der Waals surface area contributed by atoms with Crippen LogP contribution in [0.3, 0.4) is 0 Å². The van der Waals surface area contributed by atoms with Gasteiger partial charge in [0.1, 0.15) is 5.15 Å². The van der Waals surface area contributed by atoms with Crippen LogP contribution in [0.4, 0.5) is 0 Å². The van der Waals surface area contributed by atoms with Crippen molar-refractivity contribution in [3.63, 3.8) is 0 Å². The Hall–Kier alpha value is -1.51. The van der Waals surface area contributed by atoms with E-state index in [9.17, 15) is 0 Å². The zero-order chi connectivity index (χ0) is 17.8. The number of nitrogens with zero attached hydrogens (tertiary/aromatic N) is 3. The zero-order valence-corrected chi connectivity index (χ0v) is 18.3. The van der Waals surface area contributed by atoms with Gasteiger partial charge in [0.05, 0.1) is 17.1 Å². The highest BCUT2D eigenvalue weighted by atomic mass is 127. The van der Waals surface area contributed by atoms with E-state index in [1.807, 2.05) is 48.1 Å². The van der Waals surface area contributed by atoms with E-state index in [0.29, 0.717) is 29.2 Å². The number of fused-ring (bicyclic) bond motifs is 1.